The summed E-state index contributed by atoms with van der Waals surface area (Å²) in [5.74, 6) is 1.33. The summed E-state index contributed by atoms with van der Waals surface area (Å²) in [5, 5.41) is 20.4. The van der Waals surface area contributed by atoms with Gasteiger partial charge in [-0.3, -0.25) is 15.1 Å². The van der Waals surface area contributed by atoms with Crippen LogP contribution in [0.15, 0.2) is 29.3 Å². The molecule has 128 valence electrons. The van der Waals surface area contributed by atoms with E-state index in [1.165, 1.54) is 12.1 Å². The molecule has 0 bridgehead atoms. The van der Waals surface area contributed by atoms with Gasteiger partial charge < -0.3 is 16.0 Å². The molecule has 3 N–H and O–H groups in total. The number of nitro benzene ring substituents is 1. The average molecular weight is 321 g/mol. The first kappa shape index (κ1) is 18.7. The quantitative estimate of drug-likeness (QED) is 0.225. The number of non-ortho nitro benzene ring substituents is 1. The van der Waals surface area contributed by atoms with E-state index in [0.717, 1.165) is 18.2 Å². The summed E-state index contributed by atoms with van der Waals surface area (Å²) in [6, 6.07) is 6.72. The number of benzene rings is 1. The Morgan fingerprint density at radius 1 is 1.26 bits per heavy atom. The molecule has 0 amide bonds. The lowest BCUT2D eigenvalue weighted by Crippen LogP contribution is -2.44. The Bertz CT molecular complexity index is 514. The molecule has 0 aromatic heterocycles. The van der Waals surface area contributed by atoms with E-state index in [-0.39, 0.29) is 5.69 Å². The first-order valence-electron chi connectivity index (χ1n) is 7.97. The molecule has 23 heavy (non-hydrogen) atoms. The average Bonchev–Trinajstić information content (AvgIpc) is 2.51. The monoisotopic (exact) mass is 321 g/mol. The second-order valence-corrected chi connectivity index (χ2v) is 5.67. The molecule has 0 saturated heterocycles. The van der Waals surface area contributed by atoms with Crippen molar-refractivity contribution in [1.82, 2.24) is 10.6 Å². The van der Waals surface area contributed by atoms with Crippen molar-refractivity contribution in [3.05, 3.63) is 34.4 Å². The van der Waals surface area contributed by atoms with Crippen molar-refractivity contribution in [2.45, 2.75) is 33.7 Å². The summed E-state index contributed by atoms with van der Waals surface area (Å²) in [4.78, 5) is 14.7. The minimum absolute atomic E-state index is 0.0925. The third kappa shape index (κ3) is 6.99. The minimum atomic E-state index is -0.404. The van der Waals surface area contributed by atoms with Crippen molar-refractivity contribution < 1.29 is 4.92 Å². The van der Waals surface area contributed by atoms with Gasteiger partial charge in [0.25, 0.3) is 5.69 Å². The molecular weight excluding hydrogens is 294 g/mol. The van der Waals surface area contributed by atoms with E-state index < -0.39 is 4.92 Å². The smallest absolute Gasteiger partial charge is 0.269 e. The Balaban J connectivity index is 2.46. The maximum Gasteiger partial charge on any atom is 0.269 e. The lowest BCUT2D eigenvalue weighted by molar-refractivity contribution is -0.384. The molecule has 1 unspecified atom stereocenters. The van der Waals surface area contributed by atoms with Gasteiger partial charge >= 0.3 is 0 Å². The summed E-state index contributed by atoms with van der Waals surface area (Å²) in [7, 11) is 0. The van der Waals surface area contributed by atoms with Crippen molar-refractivity contribution >= 4 is 17.3 Å². The van der Waals surface area contributed by atoms with Crippen LogP contribution in [-0.2, 0) is 0 Å². The fourth-order valence-corrected chi connectivity index (χ4v) is 1.77. The fourth-order valence-electron chi connectivity index (χ4n) is 1.77. The molecule has 7 nitrogen and oxygen atoms in total. The second kappa shape index (κ2) is 9.66. The molecule has 1 aromatic carbocycles. The number of anilines is 1. The first-order chi connectivity index (χ1) is 10.9. The van der Waals surface area contributed by atoms with E-state index in [0.29, 0.717) is 25.0 Å². The van der Waals surface area contributed by atoms with Crippen molar-refractivity contribution in [3.63, 3.8) is 0 Å². The summed E-state index contributed by atoms with van der Waals surface area (Å²) in [6.07, 6.45) is 0. The lowest BCUT2D eigenvalue weighted by Gasteiger charge is -2.20. The Labute approximate surface area is 137 Å². The third-order valence-electron chi connectivity index (χ3n) is 3.50. The SMILES string of the molecule is CCNC(=NCCNc1ccc([N+](=O)[O-])cc1)NC(C)C(C)C. The number of hydrogen-bond donors (Lipinski definition) is 3. The van der Waals surface area contributed by atoms with E-state index in [2.05, 4.69) is 41.7 Å². The number of nitrogens with zero attached hydrogens (tertiary/aromatic N) is 2. The molecule has 1 aromatic rings. The molecule has 0 saturated carbocycles. The van der Waals surface area contributed by atoms with Gasteiger partial charge in [0.15, 0.2) is 5.96 Å². The van der Waals surface area contributed by atoms with Crippen LogP contribution >= 0.6 is 0 Å². The molecular formula is C16H27N5O2. The highest BCUT2D eigenvalue weighted by Gasteiger charge is 2.08. The van der Waals surface area contributed by atoms with Crippen LogP contribution < -0.4 is 16.0 Å². The highest BCUT2D eigenvalue weighted by Crippen LogP contribution is 2.14. The van der Waals surface area contributed by atoms with Crippen molar-refractivity contribution in [3.8, 4) is 0 Å². The zero-order chi connectivity index (χ0) is 17.2. The van der Waals surface area contributed by atoms with Crippen LogP contribution in [0, 0.1) is 16.0 Å². The van der Waals surface area contributed by atoms with E-state index in [9.17, 15) is 10.1 Å². The Morgan fingerprint density at radius 3 is 2.43 bits per heavy atom. The van der Waals surface area contributed by atoms with Crippen LogP contribution in [0.25, 0.3) is 0 Å². The zero-order valence-electron chi connectivity index (χ0n) is 14.3. The minimum Gasteiger partial charge on any atom is -0.383 e. The molecule has 0 aliphatic heterocycles. The summed E-state index contributed by atoms with van der Waals surface area (Å²) in [5.41, 5.74) is 0.939. The van der Waals surface area contributed by atoms with Gasteiger partial charge in [-0.15, -0.1) is 0 Å². The molecule has 1 atom stereocenters. The standard InChI is InChI=1S/C16H27N5O2/c1-5-17-16(20-13(4)12(2)3)19-11-10-18-14-6-8-15(9-7-14)21(22)23/h6-9,12-13,18H,5,10-11H2,1-4H3,(H2,17,19,20). The molecule has 0 aliphatic rings. The Morgan fingerprint density at radius 2 is 1.91 bits per heavy atom. The van der Waals surface area contributed by atoms with E-state index in [1.54, 1.807) is 12.1 Å². The van der Waals surface area contributed by atoms with Crippen LogP contribution in [0.2, 0.25) is 0 Å². The normalized spacial score (nSPS) is 12.8. The van der Waals surface area contributed by atoms with Gasteiger partial charge in [0.05, 0.1) is 11.5 Å². The number of hydrogen-bond acceptors (Lipinski definition) is 4. The van der Waals surface area contributed by atoms with Gasteiger partial charge in [-0.2, -0.15) is 0 Å². The Hall–Kier alpha value is -2.31. The molecule has 0 radical (unpaired) electrons. The summed E-state index contributed by atoms with van der Waals surface area (Å²) >= 11 is 0. The highest BCUT2D eigenvalue weighted by atomic mass is 16.6. The largest absolute Gasteiger partial charge is 0.383 e. The van der Waals surface area contributed by atoms with Gasteiger partial charge in [0.1, 0.15) is 0 Å². The highest BCUT2D eigenvalue weighted by molar-refractivity contribution is 5.80. The number of nitro groups is 1. The predicted molar refractivity (Wildman–Crippen MR) is 95.0 cm³/mol. The van der Waals surface area contributed by atoms with Gasteiger partial charge in [-0.1, -0.05) is 13.8 Å². The van der Waals surface area contributed by atoms with Gasteiger partial charge in [0, 0.05) is 37.0 Å². The van der Waals surface area contributed by atoms with Crippen LogP contribution in [0.5, 0.6) is 0 Å². The molecule has 0 fully saturated rings. The van der Waals surface area contributed by atoms with Crippen LogP contribution in [0.3, 0.4) is 0 Å². The molecule has 0 spiro atoms. The third-order valence-corrected chi connectivity index (χ3v) is 3.50. The van der Waals surface area contributed by atoms with Gasteiger partial charge in [0.2, 0.25) is 0 Å². The maximum absolute atomic E-state index is 10.6. The van der Waals surface area contributed by atoms with E-state index in [1.807, 2.05) is 6.92 Å². The molecule has 7 heteroatoms. The maximum atomic E-state index is 10.6. The molecule has 0 heterocycles. The number of nitrogens with one attached hydrogen (secondary N) is 3. The van der Waals surface area contributed by atoms with E-state index in [4.69, 9.17) is 0 Å². The van der Waals surface area contributed by atoms with Gasteiger partial charge in [-0.25, -0.2) is 0 Å². The van der Waals surface area contributed by atoms with Crippen molar-refractivity contribution in [2.24, 2.45) is 10.9 Å². The summed E-state index contributed by atoms with van der Waals surface area (Å²) in [6.45, 7) is 10.6. The fraction of sp³-hybridized carbons (Fsp3) is 0.562. The van der Waals surface area contributed by atoms with Crippen molar-refractivity contribution in [2.75, 3.05) is 25.0 Å². The molecule has 0 aliphatic carbocycles. The topological polar surface area (TPSA) is 91.6 Å². The lowest BCUT2D eigenvalue weighted by atomic mass is 10.1. The van der Waals surface area contributed by atoms with Crippen molar-refractivity contribution in [1.29, 1.82) is 0 Å². The number of rotatable bonds is 8. The second-order valence-electron chi connectivity index (χ2n) is 5.67. The molecule has 1 rings (SSSR count). The number of guanidine groups is 1. The van der Waals surface area contributed by atoms with Gasteiger partial charge in [-0.05, 0) is 31.9 Å². The van der Waals surface area contributed by atoms with Crippen LogP contribution in [-0.4, -0.2) is 36.6 Å². The first-order valence-corrected chi connectivity index (χ1v) is 7.97. The van der Waals surface area contributed by atoms with Crippen LogP contribution in [0.1, 0.15) is 27.7 Å². The number of aliphatic imine (C=N–C) groups is 1. The van der Waals surface area contributed by atoms with E-state index >= 15 is 0 Å². The summed E-state index contributed by atoms with van der Waals surface area (Å²) < 4.78 is 0. The Kier molecular flexibility index (Phi) is 7.87. The zero-order valence-corrected chi connectivity index (χ0v) is 14.3. The van der Waals surface area contributed by atoms with Crippen LogP contribution in [0.4, 0.5) is 11.4 Å². The predicted octanol–water partition coefficient (Wildman–Crippen LogP) is 2.61.